The van der Waals surface area contributed by atoms with Gasteiger partial charge in [0.05, 0.1) is 0 Å². The average molecular weight is 198 g/mol. The summed E-state index contributed by atoms with van der Waals surface area (Å²) in [4.78, 5) is 2.63. The molecule has 1 aliphatic heterocycles. The molecule has 0 spiro atoms. The fraction of sp³-hybridized carbons (Fsp3) is 1.00. The van der Waals surface area contributed by atoms with Crippen molar-refractivity contribution in [2.45, 2.75) is 52.0 Å². The van der Waals surface area contributed by atoms with Gasteiger partial charge in [-0.15, -0.1) is 0 Å². The molecule has 0 aliphatic carbocycles. The van der Waals surface area contributed by atoms with Crippen LogP contribution in [0.25, 0.3) is 0 Å². The molecule has 2 nitrogen and oxygen atoms in total. The van der Waals surface area contributed by atoms with E-state index < -0.39 is 0 Å². The highest BCUT2D eigenvalue weighted by atomic mass is 15.2. The van der Waals surface area contributed by atoms with Crippen LogP contribution in [0.3, 0.4) is 0 Å². The van der Waals surface area contributed by atoms with E-state index in [2.05, 4.69) is 25.7 Å². The number of rotatable bonds is 5. The van der Waals surface area contributed by atoms with E-state index in [1.54, 1.807) is 0 Å². The van der Waals surface area contributed by atoms with Crippen LogP contribution in [0, 0.1) is 5.92 Å². The summed E-state index contributed by atoms with van der Waals surface area (Å²) in [5.41, 5.74) is 6.22. The molecule has 2 heteroatoms. The third kappa shape index (κ3) is 2.96. The molecule has 2 N–H and O–H groups in total. The van der Waals surface area contributed by atoms with Crippen molar-refractivity contribution >= 4 is 0 Å². The summed E-state index contributed by atoms with van der Waals surface area (Å²) in [5.74, 6) is 0.706. The van der Waals surface area contributed by atoms with Crippen LogP contribution in [0.5, 0.6) is 0 Å². The Kier molecular flexibility index (Phi) is 4.39. The van der Waals surface area contributed by atoms with Gasteiger partial charge in [0, 0.05) is 12.1 Å². The van der Waals surface area contributed by atoms with E-state index in [-0.39, 0.29) is 0 Å². The van der Waals surface area contributed by atoms with Crippen molar-refractivity contribution < 1.29 is 0 Å². The first kappa shape index (κ1) is 12.0. The van der Waals surface area contributed by atoms with Gasteiger partial charge in [-0.1, -0.05) is 13.3 Å². The fourth-order valence-electron chi connectivity index (χ4n) is 2.51. The molecule has 1 heterocycles. The summed E-state index contributed by atoms with van der Waals surface area (Å²) >= 11 is 0. The van der Waals surface area contributed by atoms with Gasteiger partial charge >= 0.3 is 0 Å². The first-order chi connectivity index (χ1) is 6.60. The number of likely N-dealkylation sites (tertiary alicyclic amines) is 1. The Labute approximate surface area is 88.8 Å². The summed E-state index contributed by atoms with van der Waals surface area (Å²) in [5, 5.41) is 0. The van der Waals surface area contributed by atoms with E-state index >= 15 is 0 Å². The topological polar surface area (TPSA) is 29.3 Å². The molecule has 0 saturated carbocycles. The quantitative estimate of drug-likeness (QED) is 0.734. The van der Waals surface area contributed by atoms with Crippen LogP contribution < -0.4 is 5.73 Å². The number of nitrogens with zero attached hydrogens (tertiary/aromatic N) is 1. The monoisotopic (exact) mass is 198 g/mol. The molecule has 0 amide bonds. The second-order valence-corrected chi connectivity index (χ2v) is 5.25. The number of hydrogen-bond acceptors (Lipinski definition) is 2. The van der Waals surface area contributed by atoms with Crippen LogP contribution in [0.4, 0.5) is 0 Å². The van der Waals surface area contributed by atoms with Crippen molar-refractivity contribution in [3.63, 3.8) is 0 Å². The van der Waals surface area contributed by atoms with Crippen molar-refractivity contribution in [3.05, 3.63) is 0 Å². The fourth-order valence-corrected chi connectivity index (χ4v) is 2.51. The first-order valence-corrected chi connectivity index (χ1v) is 6.05. The molecule has 0 aromatic carbocycles. The third-order valence-electron chi connectivity index (χ3n) is 3.58. The second kappa shape index (κ2) is 5.13. The van der Waals surface area contributed by atoms with Gasteiger partial charge in [0.15, 0.2) is 0 Å². The standard InChI is InChI=1S/C12H26N2/c1-4-6-11(9-13)10-14-8-5-7-12(14,2)3/h11H,4-10,13H2,1-3H3. The predicted molar refractivity (Wildman–Crippen MR) is 62.3 cm³/mol. The predicted octanol–water partition coefficient (Wildman–Crippen LogP) is 2.24. The van der Waals surface area contributed by atoms with Gasteiger partial charge in [-0.25, -0.2) is 0 Å². The summed E-state index contributed by atoms with van der Waals surface area (Å²) in [6, 6.07) is 0. The Bertz CT molecular complexity index is 166. The molecule has 1 aliphatic rings. The molecule has 0 bridgehead atoms. The van der Waals surface area contributed by atoms with Crippen molar-refractivity contribution in [3.8, 4) is 0 Å². The molecule has 0 aromatic heterocycles. The van der Waals surface area contributed by atoms with Crippen LogP contribution in [0.15, 0.2) is 0 Å². The maximum Gasteiger partial charge on any atom is 0.0153 e. The molecule has 0 aromatic rings. The van der Waals surface area contributed by atoms with Crippen molar-refractivity contribution in [2.75, 3.05) is 19.6 Å². The van der Waals surface area contributed by atoms with Crippen LogP contribution in [0.1, 0.15) is 46.5 Å². The van der Waals surface area contributed by atoms with Gasteiger partial charge in [0.1, 0.15) is 0 Å². The summed E-state index contributed by atoms with van der Waals surface area (Å²) < 4.78 is 0. The molecule has 1 fully saturated rings. The Morgan fingerprint density at radius 2 is 2.14 bits per heavy atom. The second-order valence-electron chi connectivity index (χ2n) is 5.25. The Morgan fingerprint density at radius 3 is 2.57 bits per heavy atom. The molecular weight excluding hydrogens is 172 g/mol. The first-order valence-electron chi connectivity index (χ1n) is 6.05. The van der Waals surface area contributed by atoms with Gasteiger partial charge in [0.25, 0.3) is 0 Å². The molecular formula is C12H26N2. The highest BCUT2D eigenvalue weighted by Gasteiger charge is 2.32. The van der Waals surface area contributed by atoms with E-state index in [0.29, 0.717) is 11.5 Å². The molecule has 1 atom stereocenters. The summed E-state index contributed by atoms with van der Waals surface area (Å²) in [6.45, 7) is 10.3. The highest BCUT2D eigenvalue weighted by Crippen LogP contribution is 2.29. The minimum atomic E-state index is 0.418. The Balaban J connectivity index is 2.41. The molecule has 1 rings (SSSR count). The summed E-state index contributed by atoms with van der Waals surface area (Å²) in [6.07, 6.45) is 5.24. The van der Waals surface area contributed by atoms with Gasteiger partial charge in [0.2, 0.25) is 0 Å². The normalized spacial score (nSPS) is 24.0. The van der Waals surface area contributed by atoms with Crippen LogP contribution in [-0.2, 0) is 0 Å². The smallest absolute Gasteiger partial charge is 0.0153 e. The zero-order valence-electron chi connectivity index (χ0n) is 10.1. The van der Waals surface area contributed by atoms with E-state index in [0.717, 1.165) is 6.54 Å². The highest BCUT2D eigenvalue weighted by molar-refractivity contribution is 4.88. The van der Waals surface area contributed by atoms with E-state index in [4.69, 9.17) is 5.73 Å². The zero-order valence-corrected chi connectivity index (χ0v) is 10.1. The average Bonchev–Trinajstić information content (AvgIpc) is 2.45. The Hall–Kier alpha value is -0.0800. The number of nitrogens with two attached hydrogens (primary N) is 1. The maximum absolute atomic E-state index is 5.80. The van der Waals surface area contributed by atoms with Gasteiger partial charge in [-0.3, -0.25) is 4.90 Å². The van der Waals surface area contributed by atoms with Gasteiger partial charge < -0.3 is 5.73 Å². The molecule has 84 valence electrons. The minimum absolute atomic E-state index is 0.418. The van der Waals surface area contributed by atoms with Crippen LogP contribution in [0.2, 0.25) is 0 Å². The van der Waals surface area contributed by atoms with Gasteiger partial charge in [-0.05, 0) is 52.1 Å². The van der Waals surface area contributed by atoms with Crippen LogP contribution >= 0.6 is 0 Å². The molecule has 1 unspecified atom stereocenters. The lowest BCUT2D eigenvalue weighted by atomic mass is 9.98. The largest absolute Gasteiger partial charge is 0.330 e. The zero-order chi connectivity index (χ0) is 10.6. The van der Waals surface area contributed by atoms with Gasteiger partial charge in [-0.2, -0.15) is 0 Å². The maximum atomic E-state index is 5.80. The molecule has 1 saturated heterocycles. The Morgan fingerprint density at radius 1 is 1.43 bits per heavy atom. The van der Waals surface area contributed by atoms with Crippen molar-refractivity contribution in [2.24, 2.45) is 11.7 Å². The van der Waals surface area contributed by atoms with E-state index in [1.807, 2.05) is 0 Å². The third-order valence-corrected chi connectivity index (χ3v) is 3.58. The lowest BCUT2D eigenvalue weighted by molar-refractivity contribution is 0.146. The van der Waals surface area contributed by atoms with Crippen molar-refractivity contribution in [1.82, 2.24) is 4.90 Å². The van der Waals surface area contributed by atoms with E-state index in [9.17, 15) is 0 Å². The van der Waals surface area contributed by atoms with Crippen LogP contribution in [-0.4, -0.2) is 30.1 Å². The lowest BCUT2D eigenvalue weighted by Gasteiger charge is -2.34. The van der Waals surface area contributed by atoms with Crippen molar-refractivity contribution in [1.29, 1.82) is 0 Å². The minimum Gasteiger partial charge on any atom is -0.330 e. The molecule has 14 heavy (non-hydrogen) atoms. The van der Waals surface area contributed by atoms with E-state index in [1.165, 1.54) is 38.8 Å². The lowest BCUT2D eigenvalue weighted by Crippen LogP contribution is -2.42. The SMILES string of the molecule is CCCC(CN)CN1CCCC1(C)C. The summed E-state index contributed by atoms with van der Waals surface area (Å²) in [7, 11) is 0. The number of hydrogen-bond donors (Lipinski definition) is 1. The molecule has 0 radical (unpaired) electrons.